The average Bonchev–Trinajstić information content (AvgIpc) is 3.16. The van der Waals surface area contributed by atoms with E-state index in [0.717, 1.165) is 47.5 Å². The molecule has 4 nitrogen and oxygen atoms in total. The van der Waals surface area contributed by atoms with Crippen LogP contribution in [0.25, 0.3) is 10.9 Å². The SMILES string of the molecule is CCC1CN(CC[C@@H](O)c2cc(F)c([C@@H]3c4[nH]c5ccccc5c4C[C@@H](C)N3CC(F)(F)F)c(F)c2)C1. The molecule has 3 atom stereocenters. The smallest absolute Gasteiger partial charge is 0.388 e. The lowest BCUT2D eigenvalue weighted by molar-refractivity contribution is -0.155. The highest BCUT2D eigenvalue weighted by atomic mass is 19.4. The standard InChI is InChI=1S/C28H32F5N3O/c1-3-17-13-35(14-17)9-8-24(37)18-11-21(29)25(22(30)12-18)27-26-20(19-6-4-5-7-23(19)34-26)10-16(2)36(27)15-28(31,32)33/h4-7,11-12,16-17,24,27,34,37H,3,8-10,13-15H2,1-2H3/t16-,24-,27-/m1/s1. The van der Waals surface area contributed by atoms with Crippen molar-refractivity contribution < 1.29 is 27.1 Å². The third-order valence-electron chi connectivity index (χ3n) is 7.97. The van der Waals surface area contributed by atoms with Crippen molar-refractivity contribution >= 4 is 10.9 Å². The fourth-order valence-electron chi connectivity index (χ4n) is 5.92. The van der Waals surface area contributed by atoms with E-state index in [1.54, 1.807) is 19.1 Å². The largest absolute Gasteiger partial charge is 0.401 e. The molecule has 0 amide bonds. The Hall–Kier alpha value is -2.49. The molecule has 2 aliphatic heterocycles. The minimum Gasteiger partial charge on any atom is -0.388 e. The fraction of sp³-hybridized carbons (Fsp3) is 0.500. The number of aliphatic hydroxyl groups excluding tert-OH is 1. The molecular weight excluding hydrogens is 489 g/mol. The van der Waals surface area contributed by atoms with Gasteiger partial charge in [0.25, 0.3) is 0 Å². The number of H-pyrrole nitrogens is 1. The lowest BCUT2D eigenvalue weighted by Crippen LogP contribution is -2.47. The number of para-hydroxylation sites is 1. The van der Waals surface area contributed by atoms with Crippen molar-refractivity contribution in [1.82, 2.24) is 14.8 Å². The number of likely N-dealkylation sites (tertiary alicyclic amines) is 1. The van der Waals surface area contributed by atoms with Crippen LogP contribution >= 0.6 is 0 Å². The molecule has 1 saturated heterocycles. The first kappa shape index (κ1) is 26.1. The summed E-state index contributed by atoms with van der Waals surface area (Å²) in [4.78, 5) is 6.45. The van der Waals surface area contributed by atoms with Gasteiger partial charge in [0.05, 0.1) is 18.7 Å². The monoisotopic (exact) mass is 521 g/mol. The zero-order valence-electron chi connectivity index (χ0n) is 21.0. The summed E-state index contributed by atoms with van der Waals surface area (Å²) in [5.41, 5.74) is 1.51. The Balaban J connectivity index is 1.50. The van der Waals surface area contributed by atoms with E-state index >= 15 is 8.78 Å². The lowest BCUT2D eigenvalue weighted by atomic mass is 9.87. The number of nitrogens with one attached hydrogen (secondary N) is 1. The van der Waals surface area contributed by atoms with Crippen molar-refractivity contribution in [1.29, 1.82) is 0 Å². The molecule has 0 radical (unpaired) electrons. The maximum atomic E-state index is 15.6. The summed E-state index contributed by atoms with van der Waals surface area (Å²) in [7, 11) is 0. The molecule has 5 rings (SSSR count). The predicted molar refractivity (Wildman–Crippen MR) is 132 cm³/mol. The predicted octanol–water partition coefficient (Wildman–Crippen LogP) is 6.11. The molecular formula is C28H32F5N3O. The van der Waals surface area contributed by atoms with Crippen molar-refractivity contribution in [3.63, 3.8) is 0 Å². The molecule has 1 fully saturated rings. The van der Waals surface area contributed by atoms with E-state index in [4.69, 9.17) is 0 Å². The summed E-state index contributed by atoms with van der Waals surface area (Å²) in [6, 6.07) is 7.55. The first-order valence-corrected chi connectivity index (χ1v) is 12.9. The van der Waals surface area contributed by atoms with Gasteiger partial charge in [0.15, 0.2) is 0 Å². The molecule has 0 unspecified atom stereocenters. The summed E-state index contributed by atoms with van der Waals surface area (Å²) in [5, 5.41) is 11.5. The van der Waals surface area contributed by atoms with Gasteiger partial charge >= 0.3 is 6.18 Å². The quantitative estimate of drug-likeness (QED) is 0.369. The number of fused-ring (bicyclic) bond motifs is 3. The van der Waals surface area contributed by atoms with Crippen LogP contribution in [0, 0.1) is 17.6 Å². The maximum Gasteiger partial charge on any atom is 0.401 e. The van der Waals surface area contributed by atoms with E-state index in [-0.39, 0.29) is 5.56 Å². The number of rotatable bonds is 7. The third-order valence-corrected chi connectivity index (χ3v) is 7.97. The summed E-state index contributed by atoms with van der Waals surface area (Å²) in [6.07, 6.45) is -3.88. The zero-order valence-corrected chi connectivity index (χ0v) is 21.0. The number of hydrogen-bond donors (Lipinski definition) is 2. The molecule has 2 N–H and O–H groups in total. The number of aliphatic hydroxyl groups is 1. The van der Waals surface area contributed by atoms with Crippen molar-refractivity contribution in [2.24, 2.45) is 5.92 Å². The number of alkyl halides is 3. The number of aromatic nitrogens is 1. The van der Waals surface area contributed by atoms with Gasteiger partial charge in [-0.1, -0.05) is 31.5 Å². The molecule has 200 valence electrons. The normalized spacial score (nSPS) is 22.3. The first-order valence-electron chi connectivity index (χ1n) is 12.9. The van der Waals surface area contributed by atoms with Crippen molar-refractivity contribution in [3.8, 4) is 0 Å². The van der Waals surface area contributed by atoms with E-state index in [1.165, 1.54) is 0 Å². The van der Waals surface area contributed by atoms with Gasteiger partial charge in [0, 0.05) is 47.8 Å². The summed E-state index contributed by atoms with van der Waals surface area (Å²) in [6.45, 7) is 4.99. The first-order chi connectivity index (χ1) is 17.6. The Morgan fingerprint density at radius 2 is 1.78 bits per heavy atom. The van der Waals surface area contributed by atoms with E-state index in [2.05, 4.69) is 16.8 Å². The average molecular weight is 522 g/mol. The molecule has 37 heavy (non-hydrogen) atoms. The summed E-state index contributed by atoms with van der Waals surface area (Å²) >= 11 is 0. The van der Waals surface area contributed by atoms with Crippen LogP contribution in [0.15, 0.2) is 36.4 Å². The van der Waals surface area contributed by atoms with Gasteiger partial charge < -0.3 is 15.0 Å². The zero-order chi connectivity index (χ0) is 26.5. The highest BCUT2D eigenvalue weighted by molar-refractivity contribution is 5.85. The highest BCUT2D eigenvalue weighted by Crippen LogP contribution is 2.44. The summed E-state index contributed by atoms with van der Waals surface area (Å²) < 4.78 is 72.1. The van der Waals surface area contributed by atoms with E-state index < -0.39 is 48.1 Å². The molecule has 1 aromatic heterocycles. The van der Waals surface area contributed by atoms with Gasteiger partial charge in [0.2, 0.25) is 0 Å². The number of halogens is 5. The van der Waals surface area contributed by atoms with Crippen molar-refractivity contribution in [2.75, 3.05) is 26.2 Å². The number of nitrogens with zero attached hydrogens (tertiary/aromatic N) is 2. The second kappa shape index (κ2) is 10.0. The summed E-state index contributed by atoms with van der Waals surface area (Å²) in [5.74, 6) is -1.27. The molecule has 0 spiro atoms. The van der Waals surface area contributed by atoms with Gasteiger partial charge in [-0.05, 0) is 55.0 Å². The molecule has 2 aromatic carbocycles. The molecule has 2 aliphatic rings. The Morgan fingerprint density at radius 3 is 2.43 bits per heavy atom. The second-order valence-corrected chi connectivity index (χ2v) is 10.5. The highest BCUT2D eigenvalue weighted by Gasteiger charge is 2.43. The molecule has 3 aromatic rings. The van der Waals surface area contributed by atoms with Gasteiger partial charge in [-0.25, -0.2) is 8.78 Å². The third kappa shape index (κ3) is 5.13. The molecule has 0 bridgehead atoms. The van der Waals surface area contributed by atoms with Crippen LogP contribution in [-0.4, -0.2) is 58.3 Å². The molecule has 9 heteroatoms. The van der Waals surface area contributed by atoms with Crippen LogP contribution in [0.2, 0.25) is 0 Å². The van der Waals surface area contributed by atoms with Crippen molar-refractivity contribution in [3.05, 3.63) is 70.4 Å². The van der Waals surface area contributed by atoms with E-state index in [0.29, 0.717) is 36.5 Å². The Labute approximate surface area is 213 Å². The van der Waals surface area contributed by atoms with Crippen LogP contribution < -0.4 is 0 Å². The number of aromatic amines is 1. The number of benzene rings is 2. The molecule has 0 saturated carbocycles. The Kier molecular flexibility index (Phi) is 7.06. The molecule has 0 aliphatic carbocycles. The Morgan fingerprint density at radius 1 is 1.11 bits per heavy atom. The lowest BCUT2D eigenvalue weighted by Gasteiger charge is -2.41. The minimum absolute atomic E-state index is 0.0921. The minimum atomic E-state index is -4.55. The van der Waals surface area contributed by atoms with Crippen LogP contribution in [0.5, 0.6) is 0 Å². The van der Waals surface area contributed by atoms with Crippen molar-refractivity contribution in [2.45, 2.75) is 57.5 Å². The van der Waals surface area contributed by atoms with Gasteiger partial charge in [0.1, 0.15) is 11.6 Å². The fourth-order valence-corrected chi connectivity index (χ4v) is 5.92. The van der Waals surface area contributed by atoms with Crippen LogP contribution in [0.1, 0.15) is 61.2 Å². The maximum absolute atomic E-state index is 15.6. The topological polar surface area (TPSA) is 42.5 Å². The van der Waals surface area contributed by atoms with E-state index in [1.807, 2.05) is 12.1 Å². The van der Waals surface area contributed by atoms with Gasteiger partial charge in [-0.3, -0.25) is 4.90 Å². The Bertz CT molecular complexity index is 1240. The molecule has 3 heterocycles. The van der Waals surface area contributed by atoms with Crippen LogP contribution in [-0.2, 0) is 6.42 Å². The van der Waals surface area contributed by atoms with Crippen LogP contribution in [0.3, 0.4) is 0 Å². The van der Waals surface area contributed by atoms with Gasteiger partial charge in [-0.2, -0.15) is 13.2 Å². The van der Waals surface area contributed by atoms with Crippen LogP contribution in [0.4, 0.5) is 22.0 Å². The van der Waals surface area contributed by atoms with E-state index in [9.17, 15) is 18.3 Å². The number of hydrogen-bond acceptors (Lipinski definition) is 3. The van der Waals surface area contributed by atoms with Gasteiger partial charge in [-0.15, -0.1) is 0 Å². The second-order valence-electron chi connectivity index (χ2n) is 10.5.